The molecule has 0 spiro atoms. The number of esters is 1. The maximum atomic E-state index is 12.6. The quantitative estimate of drug-likeness (QED) is 0.568. The van der Waals surface area contributed by atoms with Gasteiger partial charge in [-0.3, -0.25) is 4.79 Å². The molecule has 0 saturated carbocycles. The summed E-state index contributed by atoms with van der Waals surface area (Å²) in [5.74, 6) is -1.39. The number of phenols is 2. The van der Waals surface area contributed by atoms with Crippen molar-refractivity contribution in [2.75, 3.05) is 13.2 Å². The second-order valence-electron chi connectivity index (χ2n) is 7.27. The highest BCUT2D eigenvalue weighted by Gasteiger charge is 2.37. The van der Waals surface area contributed by atoms with Gasteiger partial charge in [0.2, 0.25) is 0 Å². The van der Waals surface area contributed by atoms with E-state index >= 15 is 0 Å². The summed E-state index contributed by atoms with van der Waals surface area (Å²) in [6, 6.07) is 2.78. The molecule has 1 aliphatic rings. The average molecular weight is 431 g/mol. The third-order valence-corrected chi connectivity index (χ3v) is 4.79. The predicted octanol–water partition coefficient (Wildman–Crippen LogP) is 3.01. The molecule has 10 heteroatoms. The van der Waals surface area contributed by atoms with E-state index in [1.807, 2.05) is 13.8 Å². The molecule has 1 aliphatic heterocycles. The molecule has 1 atom stereocenters. The van der Waals surface area contributed by atoms with Crippen molar-refractivity contribution in [1.82, 2.24) is 10.5 Å². The van der Waals surface area contributed by atoms with Gasteiger partial charge in [-0.25, -0.2) is 4.79 Å². The van der Waals surface area contributed by atoms with Crippen molar-refractivity contribution in [3.8, 4) is 22.8 Å². The van der Waals surface area contributed by atoms with Gasteiger partial charge in [0.25, 0.3) is 5.91 Å². The Morgan fingerprint density at radius 3 is 2.65 bits per heavy atom. The number of hydrogen-bond donors (Lipinski definition) is 3. The standard InChI is InChI=1S/C21H25N3O7/c1-5-22-20(27)18-17(16-8-13(23-30-16)21(28)29-6-2)19(31-24-18)12-7-11(10(3)4)14(25)9-15(12)26/h7,9-10,16,25-26H,5-6,8H2,1-4H3,(H,22,27). The van der Waals surface area contributed by atoms with Crippen LogP contribution in [0.25, 0.3) is 11.3 Å². The van der Waals surface area contributed by atoms with Gasteiger partial charge in [0.05, 0.1) is 17.7 Å². The van der Waals surface area contributed by atoms with E-state index in [1.54, 1.807) is 19.9 Å². The number of aromatic hydroxyl groups is 2. The molecule has 0 bridgehead atoms. The molecule has 3 N–H and O–H groups in total. The Kier molecular flexibility index (Phi) is 6.47. The number of amides is 1. The Balaban J connectivity index is 2.09. The zero-order valence-corrected chi connectivity index (χ0v) is 17.8. The Morgan fingerprint density at radius 2 is 2.00 bits per heavy atom. The second-order valence-corrected chi connectivity index (χ2v) is 7.27. The van der Waals surface area contributed by atoms with E-state index in [2.05, 4.69) is 15.6 Å². The number of rotatable bonds is 7. The van der Waals surface area contributed by atoms with Crippen LogP contribution in [0.4, 0.5) is 0 Å². The predicted molar refractivity (Wildman–Crippen MR) is 110 cm³/mol. The maximum Gasteiger partial charge on any atom is 0.356 e. The number of nitrogens with zero attached hydrogens (tertiary/aromatic N) is 2. The minimum absolute atomic E-state index is 0.0370. The fraction of sp³-hybridized carbons (Fsp3) is 0.429. The van der Waals surface area contributed by atoms with Gasteiger partial charge in [0.1, 0.15) is 11.5 Å². The number of nitrogens with one attached hydrogen (secondary N) is 1. The summed E-state index contributed by atoms with van der Waals surface area (Å²) in [4.78, 5) is 30.0. The molecule has 3 rings (SSSR count). The highest BCUT2D eigenvalue weighted by molar-refractivity contribution is 6.36. The molecule has 0 radical (unpaired) electrons. The lowest BCUT2D eigenvalue weighted by molar-refractivity contribution is -0.135. The number of carbonyl (C=O) groups is 2. The van der Waals surface area contributed by atoms with Gasteiger partial charge in [-0.15, -0.1) is 0 Å². The molecule has 166 valence electrons. The number of hydrogen-bond acceptors (Lipinski definition) is 9. The van der Waals surface area contributed by atoms with E-state index in [1.165, 1.54) is 6.07 Å². The molecule has 31 heavy (non-hydrogen) atoms. The van der Waals surface area contributed by atoms with Crippen molar-refractivity contribution >= 4 is 17.6 Å². The fourth-order valence-electron chi connectivity index (χ4n) is 3.30. The lowest BCUT2D eigenvalue weighted by Gasteiger charge is -2.14. The Bertz CT molecular complexity index is 1030. The van der Waals surface area contributed by atoms with Crippen molar-refractivity contribution in [3.63, 3.8) is 0 Å². The van der Waals surface area contributed by atoms with Gasteiger partial charge in [0, 0.05) is 19.0 Å². The highest BCUT2D eigenvalue weighted by Crippen LogP contribution is 2.43. The molecular formula is C21H25N3O7. The number of aromatic nitrogens is 1. The van der Waals surface area contributed by atoms with Crippen LogP contribution in [0.5, 0.6) is 11.5 Å². The van der Waals surface area contributed by atoms with Crippen molar-refractivity contribution < 1.29 is 33.9 Å². The van der Waals surface area contributed by atoms with E-state index in [0.29, 0.717) is 12.1 Å². The van der Waals surface area contributed by atoms with Crippen molar-refractivity contribution in [3.05, 3.63) is 29.0 Å². The number of benzene rings is 1. The molecule has 1 amide bonds. The van der Waals surface area contributed by atoms with E-state index in [4.69, 9.17) is 14.1 Å². The van der Waals surface area contributed by atoms with Crippen LogP contribution < -0.4 is 5.32 Å². The van der Waals surface area contributed by atoms with Gasteiger partial charge in [0.15, 0.2) is 23.3 Å². The Labute approximate surface area is 178 Å². The number of carbonyl (C=O) groups excluding carboxylic acids is 2. The van der Waals surface area contributed by atoms with Gasteiger partial charge in [-0.1, -0.05) is 24.2 Å². The van der Waals surface area contributed by atoms with Gasteiger partial charge >= 0.3 is 5.97 Å². The summed E-state index contributed by atoms with van der Waals surface area (Å²) in [6.45, 7) is 7.75. The van der Waals surface area contributed by atoms with Crippen LogP contribution in [0.15, 0.2) is 21.8 Å². The number of ether oxygens (including phenoxy) is 1. The molecule has 1 unspecified atom stereocenters. The molecular weight excluding hydrogens is 406 g/mol. The molecule has 1 aromatic carbocycles. The van der Waals surface area contributed by atoms with Crippen molar-refractivity contribution in [2.45, 2.75) is 46.1 Å². The summed E-state index contributed by atoms with van der Waals surface area (Å²) in [6.07, 6.45) is -0.816. The highest BCUT2D eigenvalue weighted by atomic mass is 16.6. The molecule has 1 aromatic heterocycles. The average Bonchev–Trinajstić information content (AvgIpc) is 3.35. The molecule has 0 saturated heterocycles. The van der Waals surface area contributed by atoms with Crippen LogP contribution in [0.2, 0.25) is 0 Å². The van der Waals surface area contributed by atoms with E-state index in [-0.39, 0.29) is 58.7 Å². The monoisotopic (exact) mass is 431 g/mol. The SMILES string of the molecule is CCNC(=O)c1noc(-c2cc(C(C)C)c(O)cc2O)c1C1CC(C(=O)OCC)=NO1. The van der Waals surface area contributed by atoms with Crippen molar-refractivity contribution in [2.24, 2.45) is 5.16 Å². The maximum absolute atomic E-state index is 12.6. The largest absolute Gasteiger partial charge is 0.508 e. The fourth-order valence-corrected chi connectivity index (χ4v) is 3.30. The first-order chi connectivity index (χ1) is 14.8. The van der Waals surface area contributed by atoms with Gasteiger partial charge < -0.3 is 29.6 Å². The zero-order chi connectivity index (χ0) is 22.7. The first kappa shape index (κ1) is 22.1. The third kappa shape index (κ3) is 4.32. The first-order valence-corrected chi connectivity index (χ1v) is 10.0. The lowest BCUT2D eigenvalue weighted by atomic mass is 9.94. The van der Waals surface area contributed by atoms with Gasteiger partial charge in [-0.05, 0) is 31.4 Å². The minimum Gasteiger partial charge on any atom is -0.508 e. The summed E-state index contributed by atoms with van der Waals surface area (Å²) in [5.41, 5.74) is 1.07. The summed E-state index contributed by atoms with van der Waals surface area (Å²) in [7, 11) is 0. The normalized spacial score (nSPS) is 15.5. The molecule has 10 nitrogen and oxygen atoms in total. The Hall–Kier alpha value is -3.56. The summed E-state index contributed by atoms with van der Waals surface area (Å²) < 4.78 is 10.4. The van der Waals surface area contributed by atoms with Crippen molar-refractivity contribution in [1.29, 1.82) is 0 Å². The van der Waals surface area contributed by atoms with E-state index in [9.17, 15) is 19.8 Å². The zero-order valence-electron chi connectivity index (χ0n) is 17.8. The number of phenolic OH excluding ortho intramolecular Hbond substituents is 2. The first-order valence-electron chi connectivity index (χ1n) is 10.0. The lowest BCUT2D eigenvalue weighted by Crippen LogP contribution is -2.25. The smallest absolute Gasteiger partial charge is 0.356 e. The van der Waals surface area contributed by atoms with Crippen LogP contribution in [-0.4, -0.2) is 46.1 Å². The summed E-state index contributed by atoms with van der Waals surface area (Å²) >= 11 is 0. The van der Waals surface area contributed by atoms with Gasteiger partial charge in [-0.2, -0.15) is 0 Å². The molecule has 2 aromatic rings. The van der Waals surface area contributed by atoms with Crippen LogP contribution in [0.3, 0.4) is 0 Å². The molecule has 2 heterocycles. The minimum atomic E-state index is -0.853. The Morgan fingerprint density at radius 1 is 1.26 bits per heavy atom. The third-order valence-electron chi connectivity index (χ3n) is 4.79. The van der Waals surface area contributed by atoms with Crippen LogP contribution in [-0.2, 0) is 14.4 Å². The molecule has 0 fully saturated rings. The summed E-state index contributed by atoms with van der Waals surface area (Å²) in [5, 5.41) is 31.0. The topological polar surface area (TPSA) is 143 Å². The van der Waals surface area contributed by atoms with E-state index in [0.717, 1.165) is 0 Å². The second kappa shape index (κ2) is 9.07. The molecule has 0 aliphatic carbocycles. The van der Waals surface area contributed by atoms with E-state index < -0.39 is 18.0 Å². The van der Waals surface area contributed by atoms with Crippen LogP contribution >= 0.6 is 0 Å². The van der Waals surface area contributed by atoms with Crippen LogP contribution in [0.1, 0.15) is 67.8 Å². The number of oxime groups is 1. The van der Waals surface area contributed by atoms with Crippen LogP contribution in [0, 0.1) is 0 Å².